The summed E-state index contributed by atoms with van der Waals surface area (Å²) in [6, 6.07) is 0. The summed E-state index contributed by atoms with van der Waals surface area (Å²) in [5, 5.41) is -0.824. The minimum Gasteiger partial charge on any atom is -0.465 e. The van der Waals surface area contributed by atoms with Crippen molar-refractivity contribution in [3.63, 3.8) is 0 Å². The molecule has 1 saturated heterocycles. The average Bonchev–Trinajstić information content (AvgIpc) is 3.35. The van der Waals surface area contributed by atoms with E-state index in [1.807, 2.05) is 6.92 Å². The molecule has 0 amide bonds. The molecule has 0 N–H and O–H groups in total. The van der Waals surface area contributed by atoms with E-state index in [1.54, 1.807) is 20.8 Å². The van der Waals surface area contributed by atoms with Crippen LogP contribution in [0.4, 0.5) is 0 Å². The van der Waals surface area contributed by atoms with E-state index in [0.29, 0.717) is 6.42 Å². The van der Waals surface area contributed by atoms with E-state index in [4.69, 9.17) is 13.7 Å². The van der Waals surface area contributed by atoms with E-state index in [-0.39, 0.29) is 30.3 Å². The standard InChI is InChI=1S/C21H32O7S/c1-5-21(8-6-7-9-21)27-18(22)15-12-10-13-16(28-29(24,25)17(13)15)14(12)11-26-19(23)20(2,3)4/h12-17H,5-11H2,1-4H3. The zero-order chi connectivity index (χ0) is 21.2. The van der Waals surface area contributed by atoms with Crippen LogP contribution < -0.4 is 0 Å². The molecule has 0 aromatic rings. The van der Waals surface area contributed by atoms with Crippen LogP contribution in [0.15, 0.2) is 0 Å². The van der Waals surface area contributed by atoms with E-state index in [2.05, 4.69) is 0 Å². The van der Waals surface area contributed by atoms with Crippen molar-refractivity contribution in [3.8, 4) is 0 Å². The molecule has 0 spiro atoms. The minimum atomic E-state index is -3.83. The van der Waals surface area contributed by atoms with Crippen LogP contribution in [0.25, 0.3) is 0 Å². The smallest absolute Gasteiger partial charge is 0.311 e. The predicted octanol–water partition coefficient (Wildman–Crippen LogP) is 2.82. The Hall–Kier alpha value is -1.15. The third-order valence-electron chi connectivity index (χ3n) is 7.52. The lowest BCUT2D eigenvalue weighted by Gasteiger charge is -2.34. The Morgan fingerprint density at radius 1 is 1.14 bits per heavy atom. The van der Waals surface area contributed by atoms with Crippen LogP contribution in [0, 0.1) is 29.1 Å². The Bertz CT molecular complexity index is 790. The number of rotatable bonds is 5. The topological polar surface area (TPSA) is 96.0 Å². The molecule has 29 heavy (non-hydrogen) atoms. The Kier molecular flexibility index (Phi) is 5.05. The van der Waals surface area contributed by atoms with Crippen LogP contribution in [0.2, 0.25) is 0 Å². The molecule has 2 bridgehead atoms. The monoisotopic (exact) mass is 428 g/mol. The highest BCUT2D eigenvalue weighted by atomic mass is 32.2. The fraction of sp³-hybridized carbons (Fsp3) is 0.905. The molecule has 4 fully saturated rings. The molecule has 4 aliphatic rings. The molecule has 6 unspecified atom stereocenters. The van der Waals surface area contributed by atoms with Gasteiger partial charge in [-0.2, -0.15) is 8.42 Å². The molecule has 0 aromatic heterocycles. The second kappa shape index (κ2) is 6.94. The first-order valence-electron chi connectivity index (χ1n) is 10.8. The van der Waals surface area contributed by atoms with Gasteiger partial charge in [-0.05, 0) is 65.2 Å². The number of carbonyl (C=O) groups is 2. The normalized spacial score (nSPS) is 38.9. The summed E-state index contributed by atoms with van der Waals surface area (Å²) in [4.78, 5) is 25.4. The number of hydrogen-bond donors (Lipinski definition) is 0. The summed E-state index contributed by atoms with van der Waals surface area (Å²) in [6.07, 6.45) is 4.55. The first-order valence-corrected chi connectivity index (χ1v) is 12.3. The van der Waals surface area contributed by atoms with Gasteiger partial charge in [-0.25, -0.2) is 0 Å². The number of esters is 2. The van der Waals surface area contributed by atoms with Crippen molar-refractivity contribution >= 4 is 22.1 Å². The van der Waals surface area contributed by atoms with Crippen molar-refractivity contribution in [2.75, 3.05) is 6.61 Å². The molecule has 0 aromatic carbocycles. The Morgan fingerprint density at radius 3 is 2.38 bits per heavy atom. The molecule has 1 heterocycles. The van der Waals surface area contributed by atoms with Gasteiger partial charge in [0.25, 0.3) is 10.1 Å². The van der Waals surface area contributed by atoms with Gasteiger partial charge in [0, 0.05) is 11.8 Å². The van der Waals surface area contributed by atoms with Gasteiger partial charge in [0.15, 0.2) is 0 Å². The maximum Gasteiger partial charge on any atom is 0.311 e. The summed E-state index contributed by atoms with van der Waals surface area (Å²) in [6.45, 7) is 7.41. The van der Waals surface area contributed by atoms with Crippen LogP contribution in [-0.4, -0.2) is 43.9 Å². The van der Waals surface area contributed by atoms with Crippen LogP contribution in [0.5, 0.6) is 0 Å². The number of carbonyl (C=O) groups excluding carboxylic acids is 2. The Balaban J connectivity index is 1.55. The molecule has 0 radical (unpaired) electrons. The largest absolute Gasteiger partial charge is 0.465 e. The van der Waals surface area contributed by atoms with Gasteiger partial charge in [-0.3, -0.25) is 13.8 Å². The van der Waals surface area contributed by atoms with Gasteiger partial charge in [0.1, 0.15) is 10.9 Å². The molecule has 1 aliphatic heterocycles. The summed E-state index contributed by atoms with van der Waals surface area (Å²) in [5.74, 6) is -2.19. The lowest BCUT2D eigenvalue weighted by molar-refractivity contribution is -0.168. The second-order valence-electron chi connectivity index (χ2n) is 10.3. The minimum absolute atomic E-state index is 0.0763. The van der Waals surface area contributed by atoms with Crippen molar-refractivity contribution in [1.29, 1.82) is 0 Å². The van der Waals surface area contributed by atoms with Gasteiger partial charge in [-0.15, -0.1) is 0 Å². The Morgan fingerprint density at radius 2 is 1.79 bits per heavy atom. The molecule has 164 valence electrons. The summed E-state index contributed by atoms with van der Waals surface area (Å²) < 4.78 is 42.3. The number of hydrogen-bond acceptors (Lipinski definition) is 7. The van der Waals surface area contributed by atoms with Gasteiger partial charge >= 0.3 is 11.9 Å². The molecule has 3 aliphatic carbocycles. The maximum absolute atomic E-state index is 13.2. The summed E-state index contributed by atoms with van der Waals surface area (Å²) in [5.41, 5.74) is -1.10. The molecule has 6 atom stereocenters. The van der Waals surface area contributed by atoms with Crippen molar-refractivity contribution in [1.82, 2.24) is 0 Å². The van der Waals surface area contributed by atoms with Crippen molar-refractivity contribution in [2.24, 2.45) is 29.1 Å². The SMILES string of the molecule is CCC1(OC(=O)C2C3CC4C(OS(=O)(=O)C42)C3COC(=O)C(C)(C)C)CCCC1. The summed E-state index contributed by atoms with van der Waals surface area (Å²) >= 11 is 0. The zero-order valence-electron chi connectivity index (χ0n) is 17.7. The lowest BCUT2D eigenvalue weighted by atomic mass is 9.78. The van der Waals surface area contributed by atoms with E-state index >= 15 is 0 Å². The quantitative estimate of drug-likeness (QED) is 0.491. The van der Waals surface area contributed by atoms with Crippen LogP contribution >= 0.6 is 0 Å². The molecule has 8 heteroatoms. The van der Waals surface area contributed by atoms with E-state index in [1.165, 1.54) is 0 Å². The third-order valence-corrected chi connectivity index (χ3v) is 9.32. The third kappa shape index (κ3) is 3.40. The molecule has 7 nitrogen and oxygen atoms in total. The zero-order valence-corrected chi connectivity index (χ0v) is 18.5. The molecular weight excluding hydrogens is 396 g/mol. The number of fused-ring (bicyclic) bond motifs is 1. The fourth-order valence-corrected chi connectivity index (χ4v) is 8.02. The first kappa shape index (κ1) is 21.1. The average molecular weight is 429 g/mol. The van der Waals surface area contributed by atoms with Crippen LogP contribution in [0.1, 0.15) is 66.2 Å². The van der Waals surface area contributed by atoms with Crippen molar-refractivity contribution in [2.45, 2.75) is 83.2 Å². The lowest BCUT2D eigenvalue weighted by Crippen LogP contribution is -2.45. The van der Waals surface area contributed by atoms with Crippen molar-refractivity contribution in [3.05, 3.63) is 0 Å². The highest BCUT2D eigenvalue weighted by Crippen LogP contribution is 2.60. The molecule has 3 saturated carbocycles. The van der Waals surface area contributed by atoms with Gasteiger partial charge < -0.3 is 9.47 Å². The van der Waals surface area contributed by atoms with Crippen LogP contribution in [0.3, 0.4) is 0 Å². The molecular formula is C21H32O7S. The van der Waals surface area contributed by atoms with Gasteiger partial charge in [-0.1, -0.05) is 6.92 Å². The summed E-state index contributed by atoms with van der Waals surface area (Å²) in [7, 11) is -3.83. The first-order chi connectivity index (χ1) is 13.5. The highest BCUT2D eigenvalue weighted by Gasteiger charge is 2.71. The van der Waals surface area contributed by atoms with Crippen LogP contribution in [-0.2, 0) is 33.4 Å². The predicted molar refractivity (Wildman–Crippen MR) is 104 cm³/mol. The van der Waals surface area contributed by atoms with Gasteiger partial charge in [0.05, 0.1) is 24.0 Å². The van der Waals surface area contributed by atoms with E-state index < -0.39 is 44.4 Å². The Labute approximate surface area is 173 Å². The van der Waals surface area contributed by atoms with E-state index in [9.17, 15) is 18.0 Å². The number of ether oxygens (including phenoxy) is 2. The molecule has 4 rings (SSSR count). The second-order valence-corrected chi connectivity index (χ2v) is 12.0. The maximum atomic E-state index is 13.2. The van der Waals surface area contributed by atoms with E-state index in [0.717, 1.165) is 32.1 Å². The highest BCUT2D eigenvalue weighted by molar-refractivity contribution is 7.87. The van der Waals surface area contributed by atoms with Gasteiger partial charge in [0.2, 0.25) is 0 Å². The fourth-order valence-electron chi connectivity index (χ4n) is 5.93. The van der Waals surface area contributed by atoms with Crippen molar-refractivity contribution < 1.29 is 31.7 Å².